The predicted molar refractivity (Wildman–Crippen MR) is 100 cm³/mol. The zero-order valence-electron chi connectivity index (χ0n) is 15.8. The summed E-state index contributed by atoms with van der Waals surface area (Å²) >= 11 is 0. The highest BCUT2D eigenvalue weighted by Crippen LogP contribution is 2.30. The van der Waals surface area contributed by atoms with E-state index in [0.717, 1.165) is 31.7 Å². The van der Waals surface area contributed by atoms with Gasteiger partial charge in [-0.05, 0) is 31.4 Å². The summed E-state index contributed by atoms with van der Waals surface area (Å²) in [6.07, 6.45) is -0.819. The Morgan fingerprint density at radius 1 is 1.17 bits per heavy atom. The summed E-state index contributed by atoms with van der Waals surface area (Å²) in [5.74, 6) is 0. The molecule has 0 unspecified atom stereocenters. The zero-order chi connectivity index (χ0) is 21.5. The van der Waals surface area contributed by atoms with Gasteiger partial charge in [0, 0.05) is 32.3 Å². The van der Waals surface area contributed by atoms with Crippen LogP contribution in [0.25, 0.3) is 0 Å². The van der Waals surface area contributed by atoms with Crippen LogP contribution in [0.2, 0.25) is 0 Å². The molecule has 1 aromatic rings. The Bertz CT molecular complexity index is 794. The molecular formula is C17H24F3N3O5S. The van der Waals surface area contributed by atoms with E-state index in [2.05, 4.69) is 10.1 Å². The van der Waals surface area contributed by atoms with E-state index in [1.165, 1.54) is 16.4 Å². The molecule has 0 saturated carbocycles. The highest BCUT2D eigenvalue weighted by atomic mass is 32.2. The van der Waals surface area contributed by atoms with Crippen LogP contribution < -0.4 is 5.32 Å². The van der Waals surface area contributed by atoms with E-state index in [-0.39, 0.29) is 30.2 Å². The fourth-order valence-electron chi connectivity index (χ4n) is 2.99. The summed E-state index contributed by atoms with van der Waals surface area (Å²) in [4.78, 5) is 10.5. The Morgan fingerprint density at radius 2 is 1.83 bits per heavy atom. The summed E-state index contributed by atoms with van der Waals surface area (Å²) in [7, 11) is -3.83. The van der Waals surface area contributed by atoms with Gasteiger partial charge in [-0.2, -0.15) is 17.5 Å². The number of ether oxygens (including phenoxy) is 1. The molecule has 0 aromatic heterocycles. The number of benzene rings is 1. The molecule has 1 saturated heterocycles. The predicted octanol–water partition coefficient (Wildman–Crippen LogP) is 3.54. The summed E-state index contributed by atoms with van der Waals surface area (Å²) < 4.78 is 67.4. The van der Waals surface area contributed by atoms with Crippen molar-refractivity contribution in [2.24, 2.45) is 0 Å². The van der Waals surface area contributed by atoms with Gasteiger partial charge in [-0.15, -0.1) is 0 Å². The molecule has 1 heterocycles. The Hall–Kier alpha value is -1.92. The second kappa shape index (κ2) is 10.2. The van der Waals surface area contributed by atoms with Crippen LogP contribution in [0.3, 0.4) is 0 Å². The van der Waals surface area contributed by atoms with Crippen LogP contribution in [0.15, 0.2) is 23.1 Å². The molecule has 12 heteroatoms. The van der Waals surface area contributed by atoms with Crippen molar-refractivity contribution in [2.45, 2.75) is 43.2 Å². The van der Waals surface area contributed by atoms with Gasteiger partial charge >= 0.3 is 6.18 Å². The monoisotopic (exact) mass is 439 g/mol. The third kappa shape index (κ3) is 7.12. The second-order valence-corrected chi connectivity index (χ2v) is 8.64. The minimum absolute atomic E-state index is 0.0978. The Kier molecular flexibility index (Phi) is 8.23. The number of hydrogen-bond donors (Lipinski definition) is 1. The van der Waals surface area contributed by atoms with Crippen molar-refractivity contribution in [3.8, 4) is 0 Å². The maximum absolute atomic E-state index is 12.8. The minimum atomic E-state index is -4.40. The number of hydrogen-bond acceptors (Lipinski definition) is 6. The van der Waals surface area contributed by atoms with Gasteiger partial charge in [0.05, 0.1) is 9.82 Å². The molecule has 0 atom stereocenters. The standard InChI is InChI=1S/C17H24F3N3O5S/c18-17(19,20)13-28-11-5-8-21-15-7-6-14(12-16(15)23(24)25)29(26,27)22-9-3-1-2-4-10-22/h6-7,12,21H,1-5,8-11,13H2. The number of anilines is 1. The van der Waals surface area contributed by atoms with Crippen LogP contribution >= 0.6 is 0 Å². The molecule has 0 amide bonds. The van der Waals surface area contributed by atoms with E-state index in [4.69, 9.17) is 0 Å². The number of nitro benzene ring substituents is 1. The third-order valence-electron chi connectivity index (χ3n) is 4.42. The van der Waals surface area contributed by atoms with E-state index < -0.39 is 33.4 Å². The lowest BCUT2D eigenvalue weighted by atomic mass is 10.2. The van der Waals surface area contributed by atoms with Gasteiger partial charge < -0.3 is 10.1 Å². The van der Waals surface area contributed by atoms with Crippen LogP contribution in [0.4, 0.5) is 24.5 Å². The van der Waals surface area contributed by atoms with E-state index >= 15 is 0 Å². The van der Waals surface area contributed by atoms with Crippen molar-refractivity contribution in [1.82, 2.24) is 4.31 Å². The number of sulfonamides is 1. The van der Waals surface area contributed by atoms with Crippen molar-refractivity contribution >= 4 is 21.4 Å². The topological polar surface area (TPSA) is 102 Å². The molecule has 164 valence electrons. The van der Waals surface area contributed by atoms with E-state index in [0.29, 0.717) is 13.1 Å². The first-order chi connectivity index (χ1) is 13.6. The van der Waals surface area contributed by atoms with E-state index in [1.807, 2.05) is 0 Å². The number of nitro groups is 1. The largest absolute Gasteiger partial charge is 0.411 e. The number of alkyl halides is 3. The minimum Gasteiger partial charge on any atom is -0.379 e. The molecule has 0 radical (unpaired) electrons. The van der Waals surface area contributed by atoms with E-state index in [1.54, 1.807) is 0 Å². The van der Waals surface area contributed by atoms with Crippen LogP contribution in [0.5, 0.6) is 0 Å². The third-order valence-corrected chi connectivity index (χ3v) is 6.31. The highest BCUT2D eigenvalue weighted by Gasteiger charge is 2.28. The molecular weight excluding hydrogens is 415 g/mol. The first-order valence-corrected chi connectivity index (χ1v) is 10.7. The van der Waals surface area contributed by atoms with Gasteiger partial charge in [-0.1, -0.05) is 12.8 Å². The summed E-state index contributed by atoms with van der Waals surface area (Å²) in [6.45, 7) is -0.614. The maximum Gasteiger partial charge on any atom is 0.411 e. The van der Waals surface area contributed by atoms with Gasteiger partial charge in [-0.25, -0.2) is 8.42 Å². The number of rotatable bonds is 9. The Balaban J connectivity index is 2.03. The van der Waals surface area contributed by atoms with Gasteiger partial charge in [0.2, 0.25) is 10.0 Å². The average molecular weight is 439 g/mol. The molecule has 2 rings (SSSR count). The van der Waals surface area contributed by atoms with E-state index in [9.17, 15) is 31.7 Å². The van der Waals surface area contributed by atoms with Crippen molar-refractivity contribution in [3.63, 3.8) is 0 Å². The maximum atomic E-state index is 12.8. The number of nitrogens with zero attached hydrogens (tertiary/aromatic N) is 2. The average Bonchev–Trinajstić information content (AvgIpc) is 2.93. The summed E-state index contributed by atoms with van der Waals surface area (Å²) in [5.41, 5.74) is -0.308. The van der Waals surface area contributed by atoms with Crippen molar-refractivity contribution in [1.29, 1.82) is 0 Å². The van der Waals surface area contributed by atoms with Crippen molar-refractivity contribution in [3.05, 3.63) is 28.3 Å². The lowest BCUT2D eigenvalue weighted by Gasteiger charge is -2.20. The van der Waals surface area contributed by atoms with Crippen LogP contribution in [0, 0.1) is 10.1 Å². The quantitative estimate of drug-likeness (QED) is 0.359. The molecule has 1 fully saturated rings. The number of halogens is 3. The van der Waals surface area contributed by atoms with Crippen LogP contribution in [-0.4, -0.2) is 56.7 Å². The van der Waals surface area contributed by atoms with Gasteiger partial charge in [0.15, 0.2) is 0 Å². The van der Waals surface area contributed by atoms with Gasteiger partial charge in [-0.3, -0.25) is 10.1 Å². The lowest BCUT2D eigenvalue weighted by Crippen LogP contribution is -2.32. The lowest BCUT2D eigenvalue weighted by molar-refractivity contribution is -0.384. The molecule has 8 nitrogen and oxygen atoms in total. The van der Waals surface area contributed by atoms with Gasteiger partial charge in [0.25, 0.3) is 5.69 Å². The van der Waals surface area contributed by atoms with Gasteiger partial charge in [0.1, 0.15) is 12.3 Å². The Labute approximate surface area is 167 Å². The zero-order valence-corrected chi connectivity index (χ0v) is 16.6. The molecule has 0 spiro atoms. The fourth-order valence-corrected chi connectivity index (χ4v) is 4.53. The molecule has 0 bridgehead atoms. The van der Waals surface area contributed by atoms with Crippen molar-refractivity contribution in [2.75, 3.05) is 38.2 Å². The normalized spacial score (nSPS) is 16.4. The Morgan fingerprint density at radius 3 is 2.41 bits per heavy atom. The molecule has 29 heavy (non-hydrogen) atoms. The molecule has 1 aliphatic rings. The summed E-state index contributed by atoms with van der Waals surface area (Å²) in [6, 6.07) is 3.62. The van der Waals surface area contributed by atoms with Crippen LogP contribution in [0.1, 0.15) is 32.1 Å². The highest BCUT2D eigenvalue weighted by molar-refractivity contribution is 7.89. The molecule has 1 aliphatic heterocycles. The molecule has 0 aliphatic carbocycles. The number of nitrogens with one attached hydrogen (secondary N) is 1. The van der Waals surface area contributed by atoms with Crippen LogP contribution in [-0.2, 0) is 14.8 Å². The molecule has 1 N–H and O–H groups in total. The SMILES string of the molecule is O=[N+]([O-])c1cc(S(=O)(=O)N2CCCCCC2)ccc1NCCCOCC(F)(F)F. The smallest absolute Gasteiger partial charge is 0.379 e. The first kappa shape index (κ1) is 23.4. The van der Waals surface area contributed by atoms with Crippen molar-refractivity contribution < 1.29 is 31.2 Å². The molecule has 1 aromatic carbocycles. The summed E-state index contributed by atoms with van der Waals surface area (Å²) in [5, 5.41) is 14.1. The second-order valence-electron chi connectivity index (χ2n) is 6.70. The fraction of sp³-hybridized carbons (Fsp3) is 0.647. The first-order valence-electron chi connectivity index (χ1n) is 9.28.